The second-order valence-corrected chi connectivity index (χ2v) is 15.1. The highest BCUT2D eigenvalue weighted by atomic mass is 32.1. The van der Waals surface area contributed by atoms with E-state index in [0.717, 1.165) is 49.6 Å². The zero-order valence-corrected chi connectivity index (χ0v) is 29.2. The molecule has 0 unspecified atom stereocenters. The van der Waals surface area contributed by atoms with E-state index >= 15 is 0 Å². The van der Waals surface area contributed by atoms with Crippen LogP contribution >= 0.6 is 22.7 Å². The molecule has 0 N–H and O–H groups in total. The van der Waals surface area contributed by atoms with Crippen LogP contribution in [0.3, 0.4) is 0 Å². The molecule has 0 spiro atoms. The standard InChI is InChI=1S/C46H26N4S2/c1-3-13-27(14-4-1)42-31-25-26-32-40-34(20-12-24-38(40)52-43(32)41(31)29-17-7-9-21-35(29)47-42)46-49-44(28-15-5-2-6-16-28)48-45(50-46)33-19-11-23-37-39(33)30-18-8-10-22-36(30)51-37/h1-26H. The first kappa shape index (κ1) is 29.4. The molecule has 4 nitrogen and oxygen atoms in total. The maximum absolute atomic E-state index is 5.32. The fourth-order valence-corrected chi connectivity index (χ4v) is 10.0. The Morgan fingerprint density at radius 3 is 1.63 bits per heavy atom. The molecule has 6 heteroatoms. The Morgan fingerprint density at radius 2 is 0.885 bits per heavy atom. The molecule has 0 bridgehead atoms. The zero-order valence-electron chi connectivity index (χ0n) is 27.6. The van der Waals surface area contributed by atoms with Gasteiger partial charge in [0.05, 0.1) is 11.2 Å². The second-order valence-electron chi connectivity index (χ2n) is 12.9. The molecule has 0 fully saturated rings. The Labute approximate surface area is 306 Å². The van der Waals surface area contributed by atoms with E-state index in [1.165, 1.54) is 40.3 Å². The lowest BCUT2D eigenvalue weighted by Gasteiger charge is -2.12. The van der Waals surface area contributed by atoms with Crippen molar-refractivity contribution in [1.82, 2.24) is 19.9 Å². The monoisotopic (exact) mass is 698 g/mol. The SMILES string of the molecule is c1ccc(-c2nc(-c3cccc4sc5ccccc5c34)nc(-c3cccc4sc5c(ccc6c(-c7ccccc7)nc7ccccc7c65)c34)n2)cc1. The Morgan fingerprint density at radius 1 is 0.327 bits per heavy atom. The minimum Gasteiger partial charge on any atom is -0.247 e. The third-order valence-corrected chi connectivity index (χ3v) is 12.2. The number of fused-ring (bicyclic) bond motifs is 10. The summed E-state index contributed by atoms with van der Waals surface area (Å²) in [6.45, 7) is 0. The van der Waals surface area contributed by atoms with Gasteiger partial charge in [0.15, 0.2) is 17.5 Å². The first-order valence-electron chi connectivity index (χ1n) is 17.2. The van der Waals surface area contributed by atoms with Gasteiger partial charge in [-0.1, -0.05) is 133 Å². The minimum absolute atomic E-state index is 0.656. The number of thiophene rings is 2. The number of benzene rings is 7. The topological polar surface area (TPSA) is 51.6 Å². The predicted molar refractivity (Wildman–Crippen MR) is 220 cm³/mol. The number of pyridine rings is 1. The summed E-state index contributed by atoms with van der Waals surface area (Å²) in [6, 6.07) is 55.3. The smallest absolute Gasteiger partial charge is 0.164 e. The molecule has 0 aliphatic heterocycles. The van der Waals surface area contributed by atoms with E-state index in [1.807, 2.05) is 29.5 Å². The molecule has 0 atom stereocenters. The Balaban J connectivity index is 1.21. The van der Waals surface area contributed by atoms with Crippen LogP contribution in [0.15, 0.2) is 158 Å². The van der Waals surface area contributed by atoms with E-state index in [2.05, 4.69) is 140 Å². The number of hydrogen-bond acceptors (Lipinski definition) is 6. The fourth-order valence-electron chi connectivity index (χ4n) is 7.61. The van der Waals surface area contributed by atoms with Crippen molar-refractivity contribution in [3.63, 3.8) is 0 Å². The van der Waals surface area contributed by atoms with E-state index in [0.29, 0.717) is 17.5 Å². The van der Waals surface area contributed by atoms with Crippen molar-refractivity contribution in [2.45, 2.75) is 0 Å². The first-order valence-corrected chi connectivity index (χ1v) is 18.9. The molecule has 11 rings (SSSR count). The van der Waals surface area contributed by atoms with Gasteiger partial charge in [0.2, 0.25) is 0 Å². The van der Waals surface area contributed by atoms with Crippen LogP contribution in [0.4, 0.5) is 0 Å². The van der Waals surface area contributed by atoms with Crippen molar-refractivity contribution in [3.05, 3.63) is 158 Å². The highest BCUT2D eigenvalue weighted by molar-refractivity contribution is 7.27. The first-order chi connectivity index (χ1) is 25.8. The fraction of sp³-hybridized carbons (Fsp3) is 0. The molecule has 0 aliphatic carbocycles. The van der Waals surface area contributed by atoms with Gasteiger partial charge in [-0.3, -0.25) is 0 Å². The summed E-state index contributed by atoms with van der Waals surface area (Å²) in [5, 5.41) is 8.27. The molecule has 11 aromatic rings. The van der Waals surface area contributed by atoms with Gasteiger partial charge in [0, 0.05) is 78.8 Å². The van der Waals surface area contributed by atoms with Gasteiger partial charge >= 0.3 is 0 Å². The van der Waals surface area contributed by atoms with Crippen LogP contribution in [0.5, 0.6) is 0 Å². The molecule has 0 radical (unpaired) electrons. The summed E-state index contributed by atoms with van der Waals surface area (Å²) in [7, 11) is 0. The molecule has 4 heterocycles. The van der Waals surface area contributed by atoms with Gasteiger partial charge in [-0.2, -0.15) is 0 Å². The molecule has 52 heavy (non-hydrogen) atoms. The Hall–Kier alpha value is -6.34. The number of aromatic nitrogens is 4. The largest absolute Gasteiger partial charge is 0.247 e. The summed E-state index contributed by atoms with van der Waals surface area (Å²) in [6.07, 6.45) is 0. The second kappa shape index (κ2) is 11.6. The molecule has 0 aliphatic rings. The highest BCUT2D eigenvalue weighted by Crippen LogP contribution is 2.46. The van der Waals surface area contributed by atoms with Gasteiger partial charge in [-0.15, -0.1) is 22.7 Å². The van der Waals surface area contributed by atoms with E-state index in [-0.39, 0.29) is 0 Å². The average Bonchev–Trinajstić information content (AvgIpc) is 3.80. The van der Waals surface area contributed by atoms with E-state index in [4.69, 9.17) is 19.9 Å². The molecule has 242 valence electrons. The molecular formula is C46H26N4S2. The summed E-state index contributed by atoms with van der Waals surface area (Å²) in [5.41, 5.74) is 6.06. The minimum atomic E-state index is 0.656. The lowest BCUT2D eigenvalue weighted by atomic mass is 9.97. The maximum Gasteiger partial charge on any atom is 0.164 e. The summed E-state index contributed by atoms with van der Waals surface area (Å²) >= 11 is 3.63. The van der Waals surface area contributed by atoms with Crippen LogP contribution in [-0.4, -0.2) is 19.9 Å². The molecule has 4 aromatic heterocycles. The van der Waals surface area contributed by atoms with Crippen molar-refractivity contribution < 1.29 is 0 Å². The summed E-state index contributed by atoms with van der Waals surface area (Å²) in [4.78, 5) is 20.9. The van der Waals surface area contributed by atoms with Gasteiger partial charge in [-0.05, 0) is 24.3 Å². The number of rotatable bonds is 4. The van der Waals surface area contributed by atoms with Gasteiger partial charge < -0.3 is 0 Å². The van der Waals surface area contributed by atoms with Crippen LogP contribution in [0, 0.1) is 0 Å². The Bertz CT molecular complexity index is 3180. The predicted octanol–water partition coefficient (Wildman–Crippen LogP) is 13.0. The molecular weight excluding hydrogens is 673 g/mol. The Kier molecular flexibility index (Phi) is 6.56. The number of nitrogens with zero attached hydrogens (tertiary/aromatic N) is 4. The van der Waals surface area contributed by atoms with Crippen LogP contribution in [0.25, 0.3) is 107 Å². The van der Waals surface area contributed by atoms with Crippen molar-refractivity contribution in [1.29, 1.82) is 0 Å². The van der Waals surface area contributed by atoms with Crippen LogP contribution in [0.2, 0.25) is 0 Å². The zero-order chi connectivity index (χ0) is 34.2. The van der Waals surface area contributed by atoms with Crippen molar-refractivity contribution in [3.8, 4) is 45.4 Å². The van der Waals surface area contributed by atoms with Crippen molar-refractivity contribution in [2.24, 2.45) is 0 Å². The van der Waals surface area contributed by atoms with E-state index in [1.54, 1.807) is 11.3 Å². The molecule has 0 saturated heterocycles. The third-order valence-electron chi connectivity index (χ3n) is 9.93. The normalized spacial score (nSPS) is 11.8. The highest BCUT2D eigenvalue weighted by Gasteiger charge is 2.21. The lowest BCUT2D eigenvalue weighted by molar-refractivity contribution is 1.08. The van der Waals surface area contributed by atoms with Gasteiger partial charge in [0.25, 0.3) is 0 Å². The maximum atomic E-state index is 5.32. The van der Waals surface area contributed by atoms with E-state index < -0.39 is 0 Å². The van der Waals surface area contributed by atoms with Crippen LogP contribution in [-0.2, 0) is 0 Å². The molecule has 0 saturated carbocycles. The van der Waals surface area contributed by atoms with E-state index in [9.17, 15) is 0 Å². The van der Waals surface area contributed by atoms with Crippen LogP contribution in [0.1, 0.15) is 0 Å². The molecule has 7 aromatic carbocycles. The van der Waals surface area contributed by atoms with Crippen molar-refractivity contribution in [2.75, 3.05) is 0 Å². The lowest BCUT2D eigenvalue weighted by Crippen LogP contribution is -2.00. The van der Waals surface area contributed by atoms with Crippen LogP contribution < -0.4 is 0 Å². The van der Waals surface area contributed by atoms with Gasteiger partial charge in [0.1, 0.15) is 0 Å². The van der Waals surface area contributed by atoms with Crippen molar-refractivity contribution >= 4 is 84.7 Å². The third kappa shape index (κ3) is 4.51. The number of para-hydroxylation sites is 1. The summed E-state index contributed by atoms with van der Waals surface area (Å²) in [5.74, 6) is 1.99. The number of hydrogen-bond donors (Lipinski definition) is 0. The van der Waals surface area contributed by atoms with Gasteiger partial charge in [-0.25, -0.2) is 19.9 Å². The quantitative estimate of drug-likeness (QED) is 0.172. The summed E-state index contributed by atoms with van der Waals surface area (Å²) < 4.78 is 4.90. The average molecular weight is 699 g/mol. The molecule has 0 amide bonds.